The molecule has 2 heteroatoms. The van der Waals surface area contributed by atoms with Crippen LogP contribution in [0.3, 0.4) is 0 Å². The van der Waals surface area contributed by atoms with E-state index >= 15 is 0 Å². The van der Waals surface area contributed by atoms with Crippen molar-refractivity contribution in [1.29, 1.82) is 0 Å². The average molecular weight is 184 g/mol. The molecule has 1 saturated heterocycles. The molecule has 0 spiro atoms. The van der Waals surface area contributed by atoms with Crippen molar-refractivity contribution in [3.05, 3.63) is 0 Å². The van der Waals surface area contributed by atoms with Crippen molar-refractivity contribution in [2.45, 2.75) is 44.6 Å². The van der Waals surface area contributed by atoms with Gasteiger partial charge in [0.05, 0.1) is 18.8 Å². The fraction of sp³-hybridized carbons (Fsp3) is 1.00. The molecule has 2 unspecified atom stereocenters. The lowest BCUT2D eigenvalue weighted by Crippen LogP contribution is -2.43. The Hall–Kier alpha value is -0.0800. The van der Waals surface area contributed by atoms with Gasteiger partial charge in [0.2, 0.25) is 0 Å². The van der Waals surface area contributed by atoms with Gasteiger partial charge < -0.3 is 9.84 Å². The molecule has 76 valence electrons. The minimum absolute atomic E-state index is 0.385. The third-order valence-electron chi connectivity index (χ3n) is 3.91. The summed E-state index contributed by atoms with van der Waals surface area (Å²) in [5.41, 5.74) is -0.481. The smallest absolute Gasteiger partial charge is 0.0957 e. The molecule has 1 heterocycles. The standard InChI is InChI=1S/C11H20O2/c1-2-9-7-13-8-11(9,12)10-5-3-4-6-10/h9-10,12H,2-8H2,1H3. The molecule has 0 aromatic carbocycles. The second-order valence-electron chi connectivity index (χ2n) is 4.59. The van der Waals surface area contributed by atoms with Gasteiger partial charge in [0.1, 0.15) is 0 Å². The van der Waals surface area contributed by atoms with Crippen LogP contribution in [0, 0.1) is 11.8 Å². The van der Waals surface area contributed by atoms with Crippen LogP contribution in [0.15, 0.2) is 0 Å². The van der Waals surface area contributed by atoms with Crippen LogP contribution in [-0.2, 0) is 4.74 Å². The maximum atomic E-state index is 10.5. The lowest BCUT2D eigenvalue weighted by atomic mass is 9.77. The second-order valence-corrected chi connectivity index (χ2v) is 4.59. The van der Waals surface area contributed by atoms with Crippen LogP contribution in [0.1, 0.15) is 39.0 Å². The first-order valence-corrected chi connectivity index (χ1v) is 5.57. The molecule has 1 saturated carbocycles. The lowest BCUT2D eigenvalue weighted by Gasteiger charge is -2.33. The first kappa shape index (κ1) is 9.47. The van der Waals surface area contributed by atoms with Gasteiger partial charge in [-0.3, -0.25) is 0 Å². The van der Waals surface area contributed by atoms with Gasteiger partial charge >= 0.3 is 0 Å². The quantitative estimate of drug-likeness (QED) is 0.711. The minimum atomic E-state index is -0.481. The number of aliphatic hydroxyl groups is 1. The molecule has 0 aromatic heterocycles. The van der Waals surface area contributed by atoms with E-state index in [1.54, 1.807) is 0 Å². The van der Waals surface area contributed by atoms with E-state index in [9.17, 15) is 5.11 Å². The van der Waals surface area contributed by atoms with Gasteiger partial charge in [-0.2, -0.15) is 0 Å². The van der Waals surface area contributed by atoms with Gasteiger partial charge in [-0.25, -0.2) is 0 Å². The average Bonchev–Trinajstić information content (AvgIpc) is 2.72. The van der Waals surface area contributed by atoms with Crippen molar-refractivity contribution >= 4 is 0 Å². The van der Waals surface area contributed by atoms with Crippen LogP contribution in [0.4, 0.5) is 0 Å². The molecule has 1 aliphatic carbocycles. The number of hydrogen-bond donors (Lipinski definition) is 1. The third-order valence-corrected chi connectivity index (χ3v) is 3.91. The molecule has 13 heavy (non-hydrogen) atoms. The van der Waals surface area contributed by atoms with Gasteiger partial charge in [0.15, 0.2) is 0 Å². The minimum Gasteiger partial charge on any atom is -0.387 e. The highest BCUT2D eigenvalue weighted by Crippen LogP contribution is 2.42. The fourth-order valence-electron chi connectivity index (χ4n) is 2.98. The zero-order valence-electron chi connectivity index (χ0n) is 8.46. The van der Waals surface area contributed by atoms with Gasteiger partial charge in [0.25, 0.3) is 0 Å². The van der Waals surface area contributed by atoms with Crippen LogP contribution in [0.2, 0.25) is 0 Å². The summed E-state index contributed by atoms with van der Waals surface area (Å²) in [5.74, 6) is 0.899. The molecular formula is C11H20O2. The Morgan fingerprint density at radius 1 is 1.38 bits per heavy atom. The Balaban J connectivity index is 2.07. The van der Waals surface area contributed by atoms with E-state index in [0.717, 1.165) is 13.0 Å². The SMILES string of the molecule is CCC1COCC1(O)C1CCCC1. The molecule has 1 N–H and O–H groups in total. The molecule has 2 fully saturated rings. The van der Waals surface area contributed by atoms with Crippen molar-refractivity contribution in [1.82, 2.24) is 0 Å². The summed E-state index contributed by atoms with van der Waals surface area (Å²) in [6.45, 7) is 3.50. The number of hydrogen-bond acceptors (Lipinski definition) is 2. The molecule has 2 nitrogen and oxygen atoms in total. The molecular weight excluding hydrogens is 164 g/mol. The summed E-state index contributed by atoms with van der Waals surface area (Å²) >= 11 is 0. The highest BCUT2D eigenvalue weighted by atomic mass is 16.5. The number of rotatable bonds is 2. The zero-order valence-corrected chi connectivity index (χ0v) is 8.46. The summed E-state index contributed by atoms with van der Waals surface area (Å²) in [6.07, 6.45) is 6.05. The fourth-order valence-corrected chi connectivity index (χ4v) is 2.98. The largest absolute Gasteiger partial charge is 0.387 e. The van der Waals surface area contributed by atoms with E-state index in [4.69, 9.17) is 4.74 Å². The normalized spacial score (nSPS) is 41.5. The zero-order chi connectivity index (χ0) is 9.31. The van der Waals surface area contributed by atoms with Crippen molar-refractivity contribution in [3.8, 4) is 0 Å². The number of ether oxygens (including phenoxy) is 1. The molecule has 2 aliphatic rings. The van der Waals surface area contributed by atoms with Gasteiger partial charge in [-0.15, -0.1) is 0 Å². The van der Waals surface area contributed by atoms with Gasteiger partial charge in [0, 0.05) is 5.92 Å². The monoisotopic (exact) mass is 184 g/mol. The van der Waals surface area contributed by atoms with Gasteiger partial charge in [-0.1, -0.05) is 19.8 Å². The summed E-state index contributed by atoms with van der Waals surface area (Å²) < 4.78 is 5.43. The molecule has 1 aliphatic heterocycles. The summed E-state index contributed by atoms with van der Waals surface area (Å²) in [4.78, 5) is 0. The predicted molar refractivity (Wildman–Crippen MR) is 51.5 cm³/mol. The highest BCUT2D eigenvalue weighted by molar-refractivity contribution is 4.97. The van der Waals surface area contributed by atoms with E-state index in [1.807, 2.05) is 0 Å². The molecule has 0 bridgehead atoms. The summed E-state index contributed by atoms with van der Waals surface area (Å²) in [6, 6.07) is 0. The second kappa shape index (κ2) is 3.58. The Labute approximate surface area is 80.3 Å². The summed E-state index contributed by atoms with van der Waals surface area (Å²) in [5, 5.41) is 10.5. The van der Waals surface area contributed by atoms with E-state index in [-0.39, 0.29) is 0 Å². The Morgan fingerprint density at radius 3 is 2.69 bits per heavy atom. The van der Waals surface area contributed by atoms with E-state index in [0.29, 0.717) is 18.4 Å². The van der Waals surface area contributed by atoms with E-state index in [1.165, 1.54) is 25.7 Å². The maximum Gasteiger partial charge on any atom is 0.0957 e. The van der Waals surface area contributed by atoms with Crippen LogP contribution in [0.5, 0.6) is 0 Å². The van der Waals surface area contributed by atoms with Crippen LogP contribution < -0.4 is 0 Å². The van der Waals surface area contributed by atoms with Crippen molar-refractivity contribution in [2.24, 2.45) is 11.8 Å². The van der Waals surface area contributed by atoms with Crippen molar-refractivity contribution in [2.75, 3.05) is 13.2 Å². The predicted octanol–water partition coefficient (Wildman–Crippen LogP) is 1.96. The Kier molecular flexibility index (Phi) is 2.61. The topological polar surface area (TPSA) is 29.5 Å². The van der Waals surface area contributed by atoms with Crippen LogP contribution in [-0.4, -0.2) is 23.9 Å². The Morgan fingerprint density at radius 2 is 2.08 bits per heavy atom. The molecule has 0 amide bonds. The molecule has 2 atom stereocenters. The first-order chi connectivity index (χ1) is 6.27. The van der Waals surface area contributed by atoms with E-state index < -0.39 is 5.60 Å². The van der Waals surface area contributed by atoms with Crippen molar-refractivity contribution in [3.63, 3.8) is 0 Å². The van der Waals surface area contributed by atoms with Gasteiger partial charge in [-0.05, 0) is 25.2 Å². The third kappa shape index (κ3) is 1.50. The van der Waals surface area contributed by atoms with Crippen LogP contribution >= 0.6 is 0 Å². The highest BCUT2D eigenvalue weighted by Gasteiger charge is 2.47. The van der Waals surface area contributed by atoms with Crippen LogP contribution in [0.25, 0.3) is 0 Å². The van der Waals surface area contributed by atoms with Crippen molar-refractivity contribution < 1.29 is 9.84 Å². The summed E-state index contributed by atoms with van der Waals surface area (Å²) in [7, 11) is 0. The lowest BCUT2D eigenvalue weighted by molar-refractivity contribution is -0.0500. The molecule has 2 rings (SSSR count). The Bertz CT molecular complexity index is 175. The van der Waals surface area contributed by atoms with E-state index in [2.05, 4.69) is 6.92 Å². The molecule has 0 radical (unpaired) electrons. The first-order valence-electron chi connectivity index (χ1n) is 5.57. The molecule has 0 aromatic rings. The maximum absolute atomic E-state index is 10.5.